The van der Waals surface area contributed by atoms with Crippen LogP contribution < -0.4 is 5.56 Å². The number of aromatic nitrogens is 2. The van der Waals surface area contributed by atoms with Crippen LogP contribution in [0.5, 0.6) is 0 Å². The molecule has 134 valence electrons. The molecular formula is C20H12Cl2N2O3. The normalized spacial score (nSPS) is 11.1. The number of nitrogens with zero attached hydrogens (tertiary/aromatic N) is 2. The molecule has 0 aliphatic carbocycles. The molecule has 5 nitrogen and oxygen atoms in total. The van der Waals surface area contributed by atoms with E-state index < -0.39 is 5.97 Å². The van der Waals surface area contributed by atoms with E-state index in [4.69, 9.17) is 27.9 Å². The van der Waals surface area contributed by atoms with Crippen molar-refractivity contribution in [3.05, 3.63) is 80.7 Å². The third-order valence-corrected chi connectivity index (χ3v) is 4.81. The van der Waals surface area contributed by atoms with E-state index in [1.54, 1.807) is 48.7 Å². The van der Waals surface area contributed by atoms with Gasteiger partial charge < -0.3 is 4.74 Å². The Balaban J connectivity index is 2.17. The van der Waals surface area contributed by atoms with Gasteiger partial charge >= 0.3 is 5.97 Å². The standard InChI is InChI=1S/C20H12Cl2N2O3/c1-27-20(26)17-9-16(11-2-5-13(21)6-3-11)19(25)24-18(17)15-8-14(22)7-4-12(15)10-23-24/h2-10H,1H3. The van der Waals surface area contributed by atoms with Crippen molar-refractivity contribution >= 4 is 45.5 Å². The van der Waals surface area contributed by atoms with E-state index in [1.807, 2.05) is 0 Å². The van der Waals surface area contributed by atoms with Gasteiger partial charge in [-0.05, 0) is 35.9 Å². The highest BCUT2D eigenvalue weighted by atomic mass is 35.5. The lowest BCUT2D eigenvalue weighted by molar-refractivity contribution is 0.0602. The number of pyridine rings is 1. The van der Waals surface area contributed by atoms with Gasteiger partial charge in [-0.1, -0.05) is 41.4 Å². The summed E-state index contributed by atoms with van der Waals surface area (Å²) in [7, 11) is 1.29. The lowest BCUT2D eigenvalue weighted by Gasteiger charge is -2.12. The topological polar surface area (TPSA) is 60.7 Å². The van der Waals surface area contributed by atoms with Gasteiger partial charge in [0.25, 0.3) is 5.56 Å². The van der Waals surface area contributed by atoms with Crippen LogP contribution in [0.25, 0.3) is 27.4 Å². The molecule has 0 bridgehead atoms. The molecule has 0 aliphatic rings. The van der Waals surface area contributed by atoms with Crippen molar-refractivity contribution in [2.75, 3.05) is 7.11 Å². The monoisotopic (exact) mass is 398 g/mol. The van der Waals surface area contributed by atoms with Crippen molar-refractivity contribution < 1.29 is 9.53 Å². The lowest BCUT2D eigenvalue weighted by atomic mass is 10.0. The van der Waals surface area contributed by atoms with Crippen LogP contribution in [0, 0.1) is 0 Å². The summed E-state index contributed by atoms with van der Waals surface area (Å²) < 4.78 is 6.14. The minimum Gasteiger partial charge on any atom is -0.465 e. The number of esters is 1. The quantitative estimate of drug-likeness (QED) is 0.365. The van der Waals surface area contributed by atoms with Gasteiger partial charge in [0.05, 0.1) is 24.4 Å². The molecule has 0 amide bonds. The van der Waals surface area contributed by atoms with Gasteiger partial charge in [0.15, 0.2) is 0 Å². The SMILES string of the molecule is COC(=O)c1cc(-c2ccc(Cl)cc2)c(=O)n2ncc3ccc(Cl)cc3c12. The lowest BCUT2D eigenvalue weighted by Crippen LogP contribution is -2.21. The Bertz CT molecular complexity index is 1260. The first-order valence-corrected chi connectivity index (χ1v) is 8.74. The predicted octanol–water partition coefficient (Wildman–Crippen LogP) is 4.61. The highest BCUT2D eigenvalue weighted by Gasteiger charge is 2.19. The Labute approximate surface area is 163 Å². The van der Waals surface area contributed by atoms with Crippen molar-refractivity contribution in [1.29, 1.82) is 0 Å². The number of hydrogen-bond donors (Lipinski definition) is 0. The Kier molecular flexibility index (Phi) is 4.34. The summed E-state index contributed by atoms with van der Waals surface area (Å²) in [6.07, 6.45) is 1.56. The molecule has 0 saturated carbocycles. The first-order valence-electron chi connectivity index (χ1n) is 7.98. The molecule has 0 atom stereocenters. The fraction of sp³-hybridized carbons (Fsp3) is 0.0500. The van der Waals surface area contributed by atoms with Crippen molar-refractivity contribution in [2.45, 2.75) is 0 Å². The molecule has 7 heteroatoms. The van der Waals surface area contributed by atoms with Crippen LogP contribution in [0.4, 0.5) is 0 Å². The van der Waals surface area contributed by atoms with E-state index in [1.165, 1.54) is 17.7 Å². The maximum absolute atomic E-state index is 13.1. The van der Waals surface area contributed by atoms with Gasteiger partial charge in [-0.25, -0.2) is 4.79 Å². The second-order valence-corrected chi connectivity index (χ2v) is 6.78. The molecule has 0 N–H and O–H groups in total. The van der Waals surface area contributed by atoms with Crippen LogP contribution >= 0.6 is 23.2 Å². The number of hydrogen-bond acceptors (Lipinski definition) is 4. The average molecular weight is 399 g/mol. The number of fused-ring (bicyclic) bond motifs is 3. The van der Waals surface area contributed by atoms with Crippen molar-refractivity contribution in [3.8, 4) is 11.1 Å². The van der Waals surface area contributed by atoms with Crippen LogP contribution in [0.15, 0.2) is 59.5 Å². The molecule has 2 aromatic heterocycles. The van der Waals surface area contributed by atoms with Crippen molar-refractivity contribution in [1.82, 2.24) is 9.61 Å². The summed E-state index contributed by atoms with van der Waals surface area (Å²) in [4.78, 5) is 25.6. The number of carbonyl (C=O) groups is 1. The fourth-order valence-electron chi connectivity index (χ4n) is 3.04. The van der Waals surface area contributed by atoms with Crippen molar-refractivity contribution in [2.24, 2.45) is 0 Å². The van der Waals surface area contributed by atoms with Crippen molar-refractivity contribution in [3.63, 3.8) is 0 Å². The Morgan fingerprint density at radius 2 is 1.74 bits per heavy atom. The smallest absolute Gasteiger partial charge is 0.340 e. The number of halogens is 2. The molecule has 0 spiro atoms. The molecule has 2 heterocycles. The summed E-state index contributed by atoms with van der Waals surface area (Å²) in [6, 6.07) is 13.5. The van der Waals surface area contributed by atoms with Gasteiger partial charge in [-0.2, -0.15) is 9.61 Å². The zero-order chi connectivity index (χ0) is 19.1. The second-order valence-electron chi connectivity index (χ2n) is 5.91. The first-order chi connectivity index (χ1) is 13.0. The first kappa shape index (κ1) is 17.5. The summed E-state index contributed by atoms with van der Waals surface area (Å²) in [5.74, 6) is -0.572. The van der Waals surface area contributed by atoms with E-state index in [0.717, 1.165) is 5.39 Å². The fourth-order valence-corrected chi connectivity index (χ4v) is 3.34. The van der Waals surface area contributed by atoms with Gasteiger partial charge in [-0.3, -0.25) is 4.79 Å². The Morgan fingerprint density at radius 3 is 2.44 bits per heavy atom. The van der Waals surface area contributed by atoms with E-state index in [-0.39, 0.29) is 11.1 Å². The number of methoxy groups -OCH3 is 1. The number of benzene rings is 2. The van der Waals surface area contributed by atoms with Crippen LogP contribution in [-0.4, -0.2) is 22.7 Å². The predicted molar refractivity (Wildman–Crippen MR) is 106 cm³/mol. The molecule has 0 aliphatic heterocycles. The summed E-state index contributed by atoms with van der Waals surface area (Å²) in [5.41, 5.74) is 1.16. The minimum atomic E-state index is -0.572. The maximum atomic E-state index is 13.1. The van der Waals surface area contributed by atoms with Crippen LogP contribution in [0.2, 0.25) is 10.0 Å². The Hall–Kier alpha value is -2.89. The molecule has 0 saturated heterocycles. The molecule has 27 heavy (non-hydrogen) atoms. The number of ether oxygens (including phenoxy) is 1. The highest BCUT2D eigenvalue weighted by molar-refractivity contribution is 6.31. The van der Waals surface area contributed by atoms with E-state index >= 15 is 0 Å². The minimum absolute atomic E-state index is 0.224. The van der Waals surface area contributed by atoms with Crippen LogP contribution in [0.1, 0.15) is 10.4 Å². The molecule has 0 unspecified atom stereocenters. The van der Waals surface area contributed by atoms with Gasteiger partial charge in [0.1, 0.15) is 0 Å². The van der Waals surface area contributed by atoms with Gasteiger partial charge in [0, 0.05) is 26.4 Å². The second kappa shape index (κ2) is 6.68. The average Bonchev–Trinajstić information content (AvgIpc) is 2.68. The van der Waals surface area contributed by atoms with E-state index in [9.17, 15) is 9.59 Å². The molecule has 0 fully saturated rings. The molecule has 4 rings (SSSR count). The third kappa shape index (κ3) is 2.95. The van der Waals surface area contributed by atoms with Gasteiger partial charge in [-0.15, -0.1) is 0 Å². The zero-order valence-corrected chi connectivity index (χ0v) is 15.6. The highest BCUT2D eigenvalue weighted by Crippen LogP contribution is 2.28. The zero-order valence-electron chi connectivity index (χ0n) is 14.1. The molecular weight excluding hydrogens is 387 g/mol. The summed E-state index contributed by atoms with van der Waals surface area (Å²) in [5, 5.41) is 6.67. The number of rotatable bonds is 2. The van der Waals surface area contributed by atoms with Crippen LogP contribution in [0.3, 0.4) is 0 Å². The summed E-state index contributed by atoms with van der Waals surface area (Å²) in [6.45, 7) is 0. The van der Waals surface area contributed by atoms with Crippen LogP contribution in [-0.2, 0) is 4.74 Å². The number of carbonyl (C=O) groups excluding carboxylic acids is 1. The molecule has 0 radical (unpaired) electrons. The van der Waals surface area contributed by atoms with E-state index in [2.05, 4.69) is 5.10 Å². The summed E-state index contributed by atoms with van der Waals surface area (Å²) >= 11 is 12.1. The molecule has 2 aromatic carbocycles. The van der Waals surface area contributed by atoms with E-state index in [0.29, 0.717) is 32.1 Å². The Morgan fingerprint density at radius 1 is 1.04 bits per heavy atom. The third-order valence-electron chi connectivity index (χ3n) is 4.32. The maximum Gasteiger partial charge on any atom is 0.340 e. The molecule has 4 aromatic rings. The largest absolute Gasteiger partial charge is 0.465 e. The van der Waals surface area contributed by atoms with Gasteiger partial charge in [0.2, 0.25) is 0 Å².